The number of ether oxygens (including phenoxy) is 1. The van der Waals surface area contributed by atoms with Gasteiger partial charge in [-0.2, -0.15) is 10.4 Å². The number of anilines is 1. The van der Waals surface area contributed by atoms with Crippen LogP contribution in [-0.4, -0.2) is 22.2 Å². The minimum Gasteiger partial charge on any atom is -0.423 e. The number of benzene rings is 3. The predicted molar refractivity (Wildman–Crippen MR) is 129 cm³/mol. The van der Waals surface area contributed by atoms with Crippen LogP contribution in [-0.2, 0) is 0 Å². The maximum Gasteiger partial charge on any atom is 0.345 e. The second kappa shape index (κ2) is 10.3. The Morgan fingerprint density at radius 1 is 1.06 bits per heavy atom. The number of hydrogen-bond acceptors (Lipinski definition) is 7. The number of nitriles is 1. The average Bonchev–Trinajstić information content (AvgIpc) is 2.85. The van der Waals surface area contributed by atoms with E-state index in [1.165, 1.54) is 6.21 Å². The first kappa shape index (κ1) is 22.5. The molecule has 0 aliphatic carbocycles. The molecule has 0 saturated heterocycles. The van der Waals surface area contributed by atoms with Crippen molar-refractivity contribution < 1.29 is 9.53 Å². The summed E-state index contributed by atoms with van der Waals surface area (Å²) in [5, 5.41) is 13.7. The molecule has 0 aliphatic rings. The molecule has 0 aliphatic heterocycles. The first-order valence-corrected chi connectivity index (χ1v) is 10.4. The van der Waals surface area contributed by atoms with Gasteiger partial charge in [0.25, 0.3) is 5.56 Å². The summed E-state index contributed by atoms with van der Waals surface area (Å²) < 4.78 is 5.34. The summed E-state index contributed by atoms with van der Waals surface area (Å²) in [5.41, 5.74) is 3.88. The Hall–Kier alpha value is -4.74. The minimum absolute atomic E-state index is 0.0809. The molecule has 4 aromatic rings. The van der Waals surface area contributed by atoms with Gasteiger partial charge in [0.15, 0.2) is 0 Å². The summed E-state index contributed by atoms with van der Waals surface area (Å²) >= 11 is 6.02. The second-order valence-corrected chi connectivity index (χ2v) is 7.33. The summed E-state index contributed by atoms with van der Waals surface area (Å²) in [5.74, 6) is -0.122. The standard InChI is InChI=1S/C25H16ClN5O3/c26-21-9-5-4-8-19(21)24(33)34-18-12-10-16(11-13-18)15-28-31-25-29-22(17-6-2-1-3-7-17)20(14-27)23(32)30-25/h1-13,15H,(H2,29,30,31,32). The number of carbonyl (C=O) groups excluding carboxylic acids is 1. The van der Waals surface area contributed by atoms with Crippen molar-refractivity contribution in [2.24, 2.45) is 5.10 Å². The van der Waals surface area contributed by atoms with Crippen molar-refractivity contribution in [3.8, 4) is 23.1 Å². The summed E-state index contributed by atoms with van der Waals surface area (Å²) in [4.78, 5) is 31.3. The number of nitrogens with one attached hydrogen (secondary N) is 2. The Bertz CT molecular complexity index is 1460. The van der Waals surface area contributed by atoms with E-state index in [4.69, 9.17) is 16.3 Å². The number of hydrazone groups is 1. The van der Waals surface area contributed by atoms with Crippen LogP contribution in [0.2, 0.25) is 5.02 Å². The molecule has 0 unspecified atom stereocenters. The van der Waals surface area contributed by atoms with Crippen molar-refractivity contribution in [3.63, 3.8) is 0 Å². The van der Waals surface area contributed by atoms with Gasteiger partial charge in [0, 0.05) is 5.56 Å². The monoisotopic (exact) mass is 469 g/mol. The van der Waals surface area contributed by atoms with Gasteiger partial charge in [-0.05, 0) is 42.0 Å². The van der Waals surface area contributed by atoms with Gasteiger partial charge in [0.1, 0.15) is 17.4 Å². The summed E-state index contributed by atoms with van der Waals surface area (Å²) in [6, 6.07) is 24.1. The Labute approximate surface area is 199 Å². The number of esters is 1. The molecule has 34 heavy (non-hydrogen) atoms. The van der Waals surface area contributed by atoms with Crippen LogP contribution in [0.25, 0.3) is 11.3 Å². The summed E-state index contributed by atoms with van der Waals surface area (Å²) in [6.45, 7) is 0. The lowest BCUT2D eigenvalue weighted by Crippen LogP contribution is -2.16. The third kappa shape index (κ3) is 5.18. The second-order valence-electron chi connectivity index (χ2n) is 6.92. The lowest BCUT2D eigenvalue weighted by Gasteiger charge is -2.06. The molecule has 2 N–H and O–H groups in total. The molecule has 0 bridgehead atoms. The van der Waals surface area contributed by atoms with Crippen LogP contribution < -0.4 is 15.7 Å². The van der Waals surface area contributed by atoms with Crippen molar-refractivity contribution in [1.82, 2.24) is 9.97 Å². The van der Waals surface area contributed by atoms with Crippen LogP contribution in [0.3, 0.4) is 0 Å². The zero-order chi connectivity index (χ0) is 23.9. The van der Waals surface area contributed by atoms with Gasteiger partial charge in [-0.3, -0.25) is 9.78 Å². The summed E-state index contributed by atoms with van der Waals surface area (Å²) in [7, 11) is 0. The van der Waals surface area contributed by atoms with Gasteiger partial charge >= 0.3 is 5.97 Å². The fourth-order valence-electron chi connectivity index (χ4n) is 3.01. The Morgan fingerprint density at radius 2 is 1.76 bits per heavy atom. The highest BCUT2D eigenvalue weighted by Gasteiger charge is 2.13. The molecule has 0 spiro atoms. The van der Waals surface area contributed by atoms with Gasteiger partial charge < -0.3 is 4.74 Å². The maximum absolute atomic E-state index is 12.3. The van der Waals surface area contributed by atoms with Gasteiger partial charge in [0.2, 0.25) is 5.95 Å². The molecule has 4 rings (SSSR count). The Morgan fingerprint density at radius 3 is 2.47 bits per heavy atom. The largest absolute Gasteiger partial charge is 0.423 e. The number of H-pyrrole nitrogens is 1. The Balaban J connectivity index is 1.45. The molecule has 3 aromatic carbocycles. The SMILES string of the molecule is N#Cc1c(-c2ccccc2)nc(NN=Cc2ccc(OC(=O)c3ccccc3Cl)cc2)[nH]c1=O. The van der Waals surface area contributed by atoms with Crippen LogP contribution in [0.1, 0.15) is 21.5 Å². The van der Waals surface area contributed by atoms with Gasteiger partial charge in [-0.15, -0.1) is 0 Å². The number of carbonyl (C=O) groups is 1. The number of rotatable bonds is 6. The zero-order valence-electron chi connectivity index (χ0n) is 17.5. The van der Waals surface area contributed by atoms with Crippen LogP contribution in [0.4, 0.5) is 5.95 Å². The molecular weight excluding hydrogens is 454 g/mol. The van der Waals surface area contributed by atoms with E-state index in [1.54, 1.807) is 72.8 Å². The van der Waals surface area contributed by atoms with E-state index < -0.39 is 11.5 Å². The molecule has 0 radical (unpaired) electrons. The van der Waals surface area contributed by atoms with Gasteiger partial charge in [-0.25, -0.2) is 15.2 Å². The molecule has 1 aromatic heterocycles. The molecule has 0 fully saturated rings. The highest BCUT2D eigenvalue weighted by molar-refractivity contribution is 6.33. The van der Waals surface area contributed by atoms with E-state index in [9.17, 15) is 14.9 Å². The van der Waals surface area contributed by atoms with Crippen LogP contribution in [0.15, 0.2) is 88.8 Å². The van der Waals surface area contributed by atoms with Crippen molar-refractivity contribution in [1.29, 1.82) is 5.26 Å². The van der Waals surface area contributed by atoms with E-state index >= 15 is 0 Å². The molecule has 1 heterocycles. The average molecular weight is 470 g/mol. The van der Waals surface area contributed by atoms with E-state index in [2.05, 4.69) is 20.5 Å². The third-order valence-electron chi connectivity index (χ3n) is 4.65. The maximum atomic E-state index is 12.3. The highest BCUT2D eigenvalue weighted by Crippen LogP contribution is 2.20. The lowest BCUT2D eigenvalue weighted by molar-refractivity contribution is 0.0735. The van der Waals surface area contributed by atoms with E-state index in [0.717, 1.165) is 0 Å². The topological polar surface area (TPSA) is 120 Å². The minimum atomic E-state index is -0.571. The first-order valence-electron chi connectivity index (χ1n) is 10.0. The van der Waals surface area contributed by atoms with E-state index in [1.807, 2.05) is 12.1 Å². The number of halogens is 1. The van der Waals surface area contributed by atoms with E-state index in [0.29, 0.717) is 21.9 Å². The molecule has 8 nitrogen and oxygen atoms in total. The number of hydrogen-bond donors (Lipinski definition) is 2. The predicted octanol–water partition coefficient (Wildman–Crippen LogP) is 4.63. The van der Waals surface area contributed by atoms with Crippen LogP contribution >= 0.6 is 11.6 Å². The van der Waals surface area contributed by atoms with Crippen molar-refractivity contribution in [2.75, 3.05) is 5.43 Å². The fraction of sp³-hybridized carbons (Fsp3) is 0. The molecule has 0 amide bonds. The molecule has 0 atom stereocenters. The highest BCUT2D eigenvalue weighted by atomic mass is 35.5. The van der Waals surface area contributed by atoms with Gasteiger partial charge in [0.05, 0.1) is 22.5 Å². The van der Waals surface area contributed by atoms with Crippen molar-refractivity contribution >= 4 is 29.7 Å². The first-order chi connectivity index (χ1) is 16.5. The normalized spacial score (nSPS) is 10.6. The molecule has 166 valence electrons. The van der Waals surface area contributed by atoms with E-state index in [-0.39, 0.29) is 22.8 Å². The van der Waals surface area contributed by atoms with Crippen molar-refractivity contribution in [2.45, 2.75) is 0 Å². The smallest absolute Gasteiger partial charge is 0.345 e. The summed E-state index contributed by atoms with van der Waals surface area (Å²) in [6.07, 6.45) is 1.50. The van der Waals surface area contributed by atoms with Crippen molar-refractivity contribution in [3.05, 3.63) is 111 Å². The molecular formula is C25H16ClN5O3. The quantitative estimate of drug-likeness (QED) is 0.184. The number of nitrogens with zero attached hydrogens (tertiary/aromatic N) is 3. The third-order valence-corrected chi connectivity index (χ3v) is 4.98. The number of aromatic nitrogens is 2. The Kier molecular flexibility index (Phi) is 6.77. The van der Waals surface area contributed by atoms with Crippen LogP contribution in [0, 0.1) is 11.3 Å². The lowest BCUT2D eigenvalue weighted by atomic mass is 10.1. The zero-order valence-corrected chi connectivity index (χ0v) is 18.3. The number of aromatic amines is 1. The van der Waals surface area contributed by atoms with Crippen LogP contribution in [0.5, 0.6) is 5.75 Å². The fourth-order valence-corrected chi connectivity index (χ4v) is 3.23. The van der Waals surface area contributed by atoms with Gasteiger partial charge in [-0.1, -0.05) is 54.1 Å². The molecule has 9 heteroatoms. The molecule has 0 saturated carbocycles.